The second-order valence-electron chi connectivity index (χ2n) is 6.74. The largest absolute Gasteiger partial charge is 0.468 e. The number of aromatic nitrogens is 4. The first-order chi connectivity index (χ1) is 15.3. The molecular weight excluding hydrogens is 467 g/mol. The van der Waals surface area contributed by atoms with Gasteiger partial charge >= 0.3 is 11.9 Å². The molecule has 0 aromatic carbocycles. The Morgan fingerprint density at radius 3 is 1.47 bits per heavy atom. The number of nitrogens with zero attached hydrogens (tertiary/aromatic N) is 6. The zero-order chi connectivity index (χ0) is 23.4. The first-order valence-corrected chi connectivity index (χ1v) is 10.2. The number of hydrogen-bond acceptors (Lipinski definition) is 10. The van der Waals surface area contributed by atoms with E-state index in [0.29, 0.717) is 37.6 Å². The lowest BCUT2D eigenvalue weighted by Gasteiger charge is -2.37. The summed E-state index contributed by atoms with van der Waals surface area (Å²) in [6.07, 6.45) is 2.84. The Balaban J connectivity index is 1.73. The maximum absolute atomic E-state index is 12.4. The number of hydrogen-bond donors (Lipinski definition) is 0. The Bertz CT molecular complexity index is 1050. The fraction of sp³-hybridized carbons (Fsp3) is 0.444. The summed E-state index contributed by atoms with van der Waals surface area (Å²) in [6, 6.07) is 0. The fourth-order valence-electron chi connectivity index (χ4n) is 3.14. The number of carbonyl (C=O) groups is 2. The molecule has 172 valence electrons. The Morgan fingerprint density at radius 2 is 1.16 bits per heavy atom. The summed E-state index contributed by atoms with van der Waals surface area (Å²) in [5.41, 5.74) is -0.317. The molecule has 0 unspecified atom stereocenters. The van der Waals surface area contributed by atoms with Crippen molar-refractivity contribution >= 4 is 46.5 Å². The van der Waals surface area contributed by atoms with Crippen molar-refractivity contribution in [1.82, 2.24) is 19.6 Å². The van der Waals surface area contributed by atoms with Gasteiger partial charge in [-0.3, -0.25) is 19.2 Å². The average Bonchev–Trinajstić information content (AvgIpc) is 2.80. The summed E-state index contributed by atoms with van der Waals surface area (Å²) in [6.45, 7) is 1.17. The highest BCUT2D eigenvalue weighted by Gasteiger charge is 2.24. The third-order valence-electron chi connectivity index (χ3n) is 4.91. The lowest BCUT2D eigenvalue weighted by Crippen LogP contribution is -2.48. The molecule has 1 fully saturated rings. The zero-order valence-electron chi connectivity index (χ0n) is 17.3. The third-order valence-corrected chi connectivity index (χ3v) is 5.62. The van der Waals surface area contributed by atoms with Crippen LogP contribution in [0.4, 0.5) is 11.4 Å². The number of esters is 2. The smallest absolute Gasteiger partial charge is 0.327 e. The lowest BCUT2D eigenvalue weighted by molar-refractivity contribution is -0.142. The normalized spacial score (nSPS) is 13.8. The molecule has 1 aliphatic heterocycles. The lowest BCUT2D eigenvalue weighted by atomic mass is 10.2. The van der Waals surface area contributed by atoms with Crippen LogP contribution < -0.4 is 20.9 Å². The van der Waals surface area contributed by atoms with Crippen LogP contribution in [-0.4, -0.2) is 71.9 Å². The van der Waals surface area contributed by atoms with Gasteiger partial charge in [-0.15, -0.1) is 0 Å². The summed E-state index contributed by atoms with van der Waals surface area (Å²) >= 11 is 12.5. The Morgan fingerprint density at radius 1 is 0.812 bits per heavy atom. The van der Waals surface area contributed by atoms with Crippen LogP contribution in [0.15, 0.2) is 22.0 Å². The maximum Gasteiger partial charge on any atom is 0.327 e. The van der Waals surface area contributed by atoms with Crippen LogP contribution in [0.3, 0.4) is 0 Å². The number of rotatable bonds is 6. The van der Waals surface area contributed by atoms with Crippen molar-refractivity contribution in [3.05, 3.63) is 43.1 Å². The van der Waals surface area contributed by atoms with E-state index in [1.54, 1.807) is 0 Å². The highest BCUT2D eigenvalue weighted by Crippen LogP contribution is 2.26. The standard InChI is InChI=1S/C18H20Cl2N6O6/c1-31-13(27)9-25-17(29)15(19)11(7-21-25)23-3-5-24(6-4-23)12-8-22-26(10-14(28)32-2)18(30)16(12)20/h7-8H,3-6,9-10H2,1-2H3. The first-order valence-electron chi connectivity index (χ1n) is 9.41. The minimum absolute atomic E-state index is 0.0533. The van der Waals surface area contributed by atoms with Gasteiger partial charge in [-0.05, 0) is 0 Å². The van der Waals surface area contributed by atoms with Gasteiger partial charge in [-0.25, -0.2) is 9.36 Å². The summed E-state index contributed by atoms with van der Waals surface area (Å²) in [4.78, 5) is 51.4. The monoisotopic (exact) mass is 486 g/mol. The van der Waals surface area contributed by atoms with Gasteiger partial charge in [0, 0.05) is 26.2 Å². The molecule has 2 aromatic heterocycles. The molecule has 3 heterocycles. The van der Waals surface area contributed by atoms with E-state index in [0.717, 1.165) is 9.36 Å². The van der Waals surface area contributed by atoms with Gasteiger partial charge in [0.1, 0.15) is 23.1 Å². The van der Waals surface area contributed by atoms with Gasteiger partial charge in [0.05, 0.1) is 38.0 Å². The van der Waals surface area contributed by atoms with E-state index in [1.165, 1.54) is 26.6 Å². The summed E-state index contributed by atoms with van der Waals surface area (Å²) in [7, 11) is 2.43. The minimum atomic E-state index is -0.615. The number of halogens is 2. The topological polar surface area (TPSA) is 129 Å². The third kappa shape index (κ3) is 4.86. The van der Waals surface area contributed by atoms with E-state index in [2.05, 4.69) is 19.7 Å². The van der Waals surface area contributed by atoms with Crippen molar-refractivity contribution in [3.8, 4) is 0 Å². The van der Waals surface area contributed by atoms with Crippen molar-refractivity contribution in [2.75, 3.05) is 50.2 Å². The molecule has 1 saturated heterocycles. The Hall–Kier alpha value is -3.12. The number of piperazine rings is 1. The molecule has 2 aromatic rings. The van der Waals surface area contributed by atoms with Crippen LogP contribution in [0.25, 0.3) is 0 Å². The zero-order valence-corrected chi connectivity index (χ0v) is 18.8. The maximum atomic E-state index is 12.4. The molecule has 0 atom stereocenters. The molecule has 0 aliphatic carbocycles. The summed E-state index contributed by atoms with van der Waals surface area (Å²) in [5.74, 6) is -1.23. The molecule has 0 radical (unpaired) electrons. The molecule has 12 nitrogen and oxygen atoms in total. The van der Waals surface area contributed by atoms with Crippen LogP contribution >= 0.6 is 23.2 Å². The number of methoxy groups -OCH3 is 2. The second kappa shape index (κ2) is 10.0. The van der Waals surface area contributed by atoms with E-state index < -0.39 is 23.1 Å². The number of carbonyl (C=O) groups excluding carboxylic acids is 2. The average molecular weight is 487 g/mol. The molecule has 14 heteroatoms. The second-order valence-corrected chi connectivity index (χ2v) is 7.50. The summed E-state index contributed by atoms with van der Waals surface area (Å²) in [5, 5.41) is 7.89. The van der Waals surface area contributed by atoms with Crippen LogP contribution in [-0.2, 0) is 32.2 Å². The van der Waals surface area contributed by atoms with Crippen molar-refractivity contribution < 1.29 is 19.1 Å². The van der Waals surface area contributed by atoms with Gasteiger partial charge in [0.25, 0.3) is 11.1 Å². The molecule has 0 N–H and O–H groups in total. The molecule has 0 amide bonds. The van der Waals surface area contributed by atoms with Crippen molar-refractivity contribution in [2.45, 2.75) is 13.1 Å². The molecule has 0 spiro atoms. The molecule has 3 rings (SSSR count). The van der Waals surface area contributed by atoms with Crippen molar-refractivity contribution in [1.29, 1.82) is 0 Å². The van der Waals surface area contributed by atoms with Crippen LogP contribution in [0, 0.1) is 0 Å². The van der Waals surface area contributed by atoms with Crippen molar-refractivity contribution in [2.24, 2.45) is 0 Å². The van der Waals surface area contributed by atoms with E-state index in [9.17, 15) is 19.2 Å². The Labute approximate surface area is 191 Å². The van der Waals surface area contributed by atoms with E-state index in [4.69, 9.17) is 23.2 Å². The van der Waals surface area contributed by atoms with Gasteiger partial charge in [-0.2, -0.15) is 10.2 Å². The number of ether oxygens (including phenoxy) is 2. The molecule has 0 bridgehead atoms. The Kier molecular flexibility index (Phi) is 7.36. The van der Waals surface area contributed by atoms with E-state index in [1.807, 2.05) is 9.80 Å². The molecule has 32 heavy (non-hydrogen) atoms. The van der Waals surface area contributed by atoms with Gasteiger partial charge in [-0.1, -0.05) is 23.2 Å². The molecule has 0 saturated carbocycles. The van der Waals surface area contributed by atoms with E-state index >= 15 is 0 Å². The SMILES string of the molecule is COC(=O)Cn1ncc(N2CCN(c3cnn(CC(=O)OC)c(=O)c3Cl)CC2)c(Cl)c1=O. The van der Waals surface area contributed by atoms with Gasteiger partial charge < -0.3 is 19.3 Å². The van der Waals surface area contributed by atoms with Gasteiger partial charge in [0.2, 0.25) is 0 Å². The first kappa shape index (κ1) is 23.5. The van der Waals surface area contributed by atoms with Crippen LogP contribution in [0.1, 0.15) is 0 Å². The number of anilines is 2. The van der Waals surface area contributed by atoms with Crippen molar-refractivity contribution in [3.63, 3.8) is 0 Å². The van der Waals surface area contributed by atoms with Gasteiger partial charge in [0.15, 0.2) is 0 Å². The minimum Gasteiger partial charge on any atom is -0.468 e. The van der Waals surface area contributed by atoms with Crippen LogP contribution in [0.2, 0.25) is 10.0 Å². The van der Waals surface area contributed by atoms with E-state index in [-0.39, 0.29) is 23.1 Å². The van der Waals surface area contributed by atoms with Crippen LogP contribution in [0.5, 0.6) is 0 Å². The predicted molar refractivity (Wildman–Crippen MR) is 115 cm³/mol. The highest BCUT2D eigenvalue weighted by atomic mass is 35.5. The fourth-order valence-corrected chi connectivity index (χ4v) is 3.67. The predicted octanol–water partition coefficient (Wildman–Crippen LogP) is -0.221. The molecular formula is C18H20Cl2N6O6. The molecule has 1 aliphatic rings. The highest BCUT2D eigenvalue weighted by molar-refractivity contribution is 6.33. The summed E-state index contributed by atoms with van der Waals surface area (Å²) < 4.78 is 10.9. The quantitative estimate of drug-likeness (QED) is 0.505.